The molecule has 0 unspecified atom stereocenters. The molecule has 2 aromatic rings. The molecule has 5 nitrogen and oxygen atoms in total. The Balaban J connectivity index is 1.80. The molecule has 0 saturated carbocycles. The summed E-state index contributed by atoms with van der Waals surface area (Å²) in [6, 6.07) is 13.3. The van der Waals surface area contributed by atoms with Gasteiger partial charge < -0.3 is 9.84 Å². The Hall–Kier alpha value is -2.53. The van der Waals surface area contributed by atoms with Gasteiger partial charge in [0.25, 0.3) is 5.91 Å². The minimum atomic E-state index is -0.397. The third-order valence-corrected chi connectivity index (χ3v) is 2.67. The van der Waals surface area contributed by atoms with Gasteiger partial charge in [-0.3, -0.25) is 4.79 Å². The molecule has 0 saturated heterocycles. The molecular weight excluding hydrogens is 292 g/mol. The molecule has 0 spiro atoms. The number of hydrogen-bond donors (Lipinski definition) is 2. The van der Waals surface area contributed by atoms with E-state index in [4.69, 9.17) is 16.3 Å². The normalized spacial score (nSPS) is 10.5. The molecule has 0 bridgehead atoms. The van der Waals surface area contributed by atoms with Crippen molar-refractivity contribution in [3.8, 4) is 11.5 Å². The van der Waals surface area contributed by atoms with Crippen molar-refractivity contribution < 1.29 is 14.6 Å². The van der Waals surface area contributed by atoms with Crippen LogP contribution in [0.3, 0.4) is 0 Å². The summed E-state index contributed by atoms with van der Waals surface area (Å²) in [5.41, 5.74) is 3.00. The Morgan fingerprint density at radius 1 is 1.29 bits per heavy atom. The second-order valence-corrected chi connectivity index (χ2v) is 4.57. The van der Waals surface area contributed by atoms with E-state index < -0.39 is 5.91 Å². The fraction of sp³-hybridized carbons (Fsp3) is 0.0667. The summed E-state index contributed by atoms with van der Waals surface area (Å²) in [6.07, 6.45) is 1.43. The van der Waals surface area contributed by atoms with E-state index >= 15 is 0 Å². The number of benzene rings is 2. The zero-order valence-corrected chi connectivity index (χ0v) is 11.7. The van der Waals surface area contributed by atoms with Crippen molar-refractivity contribution in [1.82, 2.24) is 5.43 Å². The van der Waals surface area contributed by atoms with Crippen LogP contribution in [0, 0.1) is 0 Å². The lowest BCUT2D eigenvalue weighted by Crippen LogP contribution is -2.24. The molecule has 2 aromatic carbocycles. The van der Waals surface area contributed by atoms with Crippen LogP contribution in [0.2, 0.25) is 5.02 Å². The first-order valence-electron chi connectivity index (χ1n) is 6.13. The number of phenols is 1. The summed E-state index contributed by atoms with van der Waals surface area (Å²) in [5, 5.41) is 13.6. The van der Waals surface area contributed by atoms with Crippen LogP contribution in [-0.2, 0) is 4.79 Å². The van der Waals surface area contributed by atoms with Gasteiger partial charge in [0.05, 0.1) is 6.21 Å². The van der Waals surface area contributed by atoms with Gasteiger partial charge in [0.15, 0.2) is 6.61 Å². The molecule has 2 N–H and O–H groups in total. The minimum Gasteiger partial charge on any atom is -0.508 e. The Morgan fingerprint density at radius 3 is 2.86 bits per heavy atom. The largest absolute Gasteiger partial charge is 0.508 e. The number of rotatable bonds is 5. The fourth-order valence-electron chi connectivity index (χ4n) is 1.52. The summed E-state index contributed by atoms with van der Waals surface area (Å²) >= 11 is 5.80. The van der Waals surface area contributed by atoms with E-state index in [1.165, 1.54) is 12.3 Å². The first-order chi connectivity index (χ1) is 10.1. The standard InChI is InChI=1S/C15H13ClN2O3/c16-12-4-2-6-14(8-12)21-10-15(20)18-17-9-11-3-1-5-13(19)7-11/h1-9,19H,10H2,(H,18,20)/b17-9-. The molecule has 0 aliphatic rings. The second-order valence-electron chi connectivity index (χ2n) is 4.13. The van der Waals surface area contributed by atoms with Gasteiger partial charge in [-0.15, -0.1) is 0 Å². The highest BCUT2D eigenvalue weighted by Gasteiger charge is 2.01. The summed E-state index contributed by atoms with van der Waals surface area (Å²) in [4.78, 5) is 11.5. The zero-order valence-electron chi connectivity index (χ0n) is 11.0. The maximum Gasteiger partial charge on any atom is 0.277 e. The van der Waals surface area contributed by atoms with E-state index in [-0.39, 0.29) is 12.4 Å². The molecule has 6 heteroatoms. The van der Waals surface area contributed by atoms with Crippen molar-refractivity contribution in [2.45, 2.75) is 0 Å². The molecule has 0 atom stereocenters. The molecule has 21 heavy (non-hydrogen) atoms. The van der Waals surface area contributed by atoms with Gasteiger partial charge in [-0.25, -0.2) is 5.43 Å². The van der Waals surface area contributed by atoms with Crippen LogP contribution in [0.5, 0.6) is 11.5 Å². The van der Waals surface area contributed by atoms with Gasteiger partial charge in [-0.05, 0) is 35.9 Å². The quantitative estimate of drug-likeness (QED) is 0.659. The first kappa shape index (κ1) is 14.9. The monoisotopic (exact) mass is 304 g/mol. The van der Waals surface area contributed by atoms with Gasteiger partial charge in [0, 0.05) is 5.02 Å². The Kier molecular flexibility index (Phi) is 5.17. The van der Waals surface area contributed by atoms with Crippen LogP contribution >= 0.6 is 11.6 Å². The van der Waals surface area contributed by atoms with Crippen molar-refractivity contribution in [2.24, 2.45) is 5.10 Å². The number of aromatic hydroxyl groups is 1. The Morgan fingerprint density at radius 2 is 2.10 bits per heavy atom. The number of nitrogens with zero attached hydrogens (tertiary/aromatic N) is 1. The second kappa shape index (κ2) is 7.31. The van der Waals surface area contributed by atoms with E-state index in [0.717, 1.165) is 0 Å². The average Bonchev–Trinajstić information content (AvgIpc) is 2.45. The zero-order chi connectivity index (χ0) is 15.1. The number of phenolic OH excluding ortho intramolecular Hbond substituents is 1. The van der Waals surface area contributed by atoms with Crippen molar-refractivity contribution in [1.29, 1.82) is 0 Å². The highest BCUT2D eigenvalue weighted by molar-refractivity contribution is 6.30. The third-order valence-electron chi connectivity index (χ3n) is 2.44. The molecule has 0 aliphatic heterocycles. The van der Waals surface area contributed by atoms with E-state index in [2.05, 4.69) is 10.5 Å². The maximum absolute atomic E-state index is 11.5. The lowest BCUT2D eigenvalue weighted by atomic mass is 10.2. The number of ether oxygens (including phenoxy) is 1. The lowest BCUT2D eigenvalue weighted by molar-refractivity contribution is -0.123. The van der Waals surface area contributed by atoms with Gasteiger partial charge in [-0.1, -0.05) is 29.8 Å². The average molecular weight is 305 g/mol. The highest BCUT2D eigenvalue weighted by Crippen LogP contribution is 2.16. The third kappa shape index (κ3) is 5.16. The molecule has 0 heterocycles. The Labute approximate surface area is 126 Å². The topological polar surface area (TPSA) is 70.9 Å². The predicted molar refractivity (Wildman–Crippen MR) is 80.8 cm³/mol. The molecule has 0 fully saturated rings. The van der Waals surface area contributed by atoms with Crippen molar-refractivity contribution in [3.63, 3.8) is 0 Å². The molecule has 108 valence electrons. The van der Waals surface area contributed by atoms with Gasteiger partial charge in [0.1, 0.15) is 11.5 Å². The highest BCUT2D eigenvalue weighted by atomic mass is 35.5. The number of carbonyl (C=O) groups excluding carboxylic acids is 1. The molecule has 0 radical (unpaired) electrons. The molecule has 1 amide bonds. The van der Waals surface area contributed by atoms with E-state index in [9.17, 15) is 9.90 Å². The van der Waals surface area contributed by atoms with Crippen LogP contribution in [-0.4, -0.2) is 23.8 Å². The van der Waals surface area contributed by atoms with Crippen LogP contribution in [0.25, 0.3) is 0 Å². The fourth-order valence-corrected chi connectivity index (χ4v) is 1.70. The van der Waals surface area contributed by atoms with Crippen LogP contribution in [0.1, 0.15) is 5.56 Å². The lowest BCUT2D eigenvalue weighted by Gasteiger charge is -2.04. The first-order valence-corrected chi connectivity index (χ1v) is 6.50. The smallest absolute Gasteiger partial charge is 0.277 e. The number of hydrogen-bond acceptors (Lipinski definition) is 4. The van der Waals surface area contributed by atoms with Gasteiger partial charge >= 0.3 is 0 Å². The molecule has 2 rings (SSSR count). The van der Waals surface area contributed by atoms with Crippen LogP contribution in [0.4, 0.5) is 0 Å². The number of carbonyl (C=O) groups is 1. The molecule has 0 aliphatic carbocycles. The minimum absolute atomic E-state index is 0.134. The van der Waals surface area contributed by atoms with Gasteiger partial charge in [0.2, 0.25) is 0 Å². The summed E-state index contributed by atoms with van der Waals surface area (Å²) in [6.45, 7) is -0.169. The van der Waals surface area contributed by atoms with Gasteiger partial charge in [-0.2, -0.15) is 5.10 Å². The van der Waals surface area contributed by atoms with Crippen molar-refractivity contribution in [3.05, 3.63) is 59.1 Å². The van der Waals surface area contributed by atoms with E-state index in [0.29, 0.717) is 16.3 Å². The summed E-state index contributed by atoms with van der Waals surface area (Å²) in [7, 11) is 0. The summed E-state index contributed by atoms with van der Waals surface area (Å²) in [5.74, 6) is 0.246. The van der Waals surface area contributed by atoms with Crippen molar-refractivity contribution in [2.75, 3.05) is 6.61 Å². The maximum atomic E-state index is 11.5. The van der Waals surface area contributed by atoms with Crippen molar-refractivity contribution >= 4 is 23.7 Å². The Bertz CT molecular complexity index is 659. The SMILES string of the molecule is O=C(COc1cccc(Cl)c1)N/N=C\c1cccc(O)c1. The summed E-state index contributed by atoms with van der Waals surface area (Å²) < 4.78 is 5.26. The number of nitrogens with one attached hydrogen (secondary N) is 1. The number of halogens is 1. The van der Waals surface area contributed by atoms with Crippen LogP contribution < -0.4 is 10.2 Å². The number of hydrazone groups is 1. The number of amides is 1. The predicted octanol–water partition coefficient (Wildman–Crippen LogP) is 2.57. The van der Waals surface area contributed by atoms with Crippen LogP contribution in [0.15, 0.2) is 53.6 Å². The molecular formula is C15H13ClN2O3. The van der Waals surface area contributed by atoms with E-state index in [1.807, 2.05) is 0 Å². The van der Waals surface area contributed by atoms with E-state index in [1.54, 1.807) is 42.5 Å². The molecule has 0 aromatic heterocycles.